The first-order valence-corrected chi connectivity index (χ1v) is 10.3. The molecule has 0 bridgehead atoms. The molecule has 4 heteroatoms. The zero-order valence-corrected chi connectivity index (χ0v) is 17.7. The van der Waals surface area contributed by atoms with Crippen LogP contribution in [0, 0.1) is 13.8 Å². The van der Waals surface area contributed by atoms with Crippen molar-refractivity contribution >= 4 is 17.0 Å². The molecule has 4 aromatic rings. The fourth-order valence-electron chi connectivity index (χ4n) is 3.50. The minimum absolute atomic E-state index is 0.0309. The molecule has 0 aliphatic rings. The second-order valence-electron chi connectivity index (χ2n) is 7.78. The van der Waals surface area contributed by atoms with E-state index in [1.807, 2.05) is 49.4 Å². The Morgan fingerprint density at radius 3 is 2.23 bits per heavy atom. The van der Waals surface area contributed by atoms with E-state index in [2.05, 4.69) is 43.1 Å². The predicted molar refractivity (Wildman–Crippen MR) is 119 cm³/mol. The van der Waals surface area contributed by atoms with E-state index in [1.165, 1.54) is 11.1 Å². The van der Waals surface area contributed by atoms with Gasteiger partial charge in [0.25, 0.3) is 5.91 Å². The standard InChI is InChI=1S/C26H26N2O2/c1-4-20-10-12-22(13-11-20)26(29)28(16-21-8-5-18(2)6-9-21)17-25-27-23-15-19(3)7-14-24(23)30-25/h5-15H,4,16-17H2,1-3H3. The summed E-state index contributed by atoms with van der Waals surface area (Å²) in [4.78, 5) is 19.8. The second-order valence-corrected chi connectivity index (χ2v) is 7.78. The summed E-state index contributed by atoms with van der Waals surface area (Å²) >= 11 is 0. The van der Waals surface area contributed by atoms with Crippen molar-refractivity contribution in [3.8, 4) is 0 Å². The molecule has 1 aromatic heterocycles. The number of aryl methyl sites for hydroxylation is 3. The van der Waals surface area contributed by atoms with Gasteiger partial charge < -0.3 is 9.32 Å². The van der Waals surface area contributed by atoms with Crippen molar-refractivity contribution in [3.05, 3.63) is 100 Å². The molecular formula is C26H26N2O2. The lowest BCUT2D eigenvalue weighted by Gasteiger charge is -2.22. The molecular weight excluding hydrogens is 372 g/mol. The molecule has 3 aromatic carbocycles. The van der Waals surface area contributed by atoms with Crippen LogP contribution in [0.4, 0.5) is 0 Å². The van der Waals surface area contributed by atoms with Gasteiger partial charge >= 0.3 is 0 Å². The van der Waals surface area contributed by atoms with E-state index in [0.717, 1.165) is 28.6 Å². The SMILES string of the molecule is CCc1ccc(C(=O)N(Cc2ccc(C)cc2)Cc2nc3cc(C)ccc3o2)cc1. The van der Waals surface area contributed by atoms with Gasteiger partial charge in [-0.05, 0) is 61.2 Å². The third-order valence-corrected chi connectivity index (χ3v) is 5.30. The summed E-state index contributed by atoms with van der Waals surface area (Å²) < 4.78 is 5.93. The van der Waals surface area contributed by atoms with Gasteiger partial charge in [0.05, 0.1) is 6.54 Å². The summed E-state index contributed by atoms with van der Waals surface area (Å²) in [5, 5.41) is 0. The van der Waals surface area contributed by atoms with Crippen LogP contribution in [0.25, 0.3) is 11.1 Å². The molecule has 0 saturated carbocycles. The molecule has 4 nitrogen and oxygen atoms in total. The monoisotopic (exact) mass is 398 g/mol. The topological polar surface area (TPSA) is 46.3 Å². The van der Waals surface area contributed by atoms with E-state index in [4.69, 9.17) is 4.42 Å². The van der Waals surface area contributed by atoms with Gasteiger partial charge in [0.15, 0.2) is 5.58 Å². The van der Waals surface area contributed by atoms with Crippen LogP contribution in [-0.4, -0.2) is 15.8 Å². The van der Waals surface area contributed by atoms with E-state index < -0.39 is 0 Å². The number of carbonyl (C=O) groups excluding carboxylic acids is 1. The average Bonchev–Trinajstić information content (AvgIpc) is 3.15. The fourth-order valence-corrected chi connectivity index (χ4v) is 3.50. The molecule has 0 aliphatic carbocycles. The van der Waals surface area contributed by atoms with Crippen molar-refractivity contribution in [2.24, 2.45) is 0 Å². The van der Waals surface area contributed by atoms with Crippen molar-refractivity contribution in [3.63, 3.8) is 0 Å². The minimum Gasteiger partial charge on any atom is -0.439 e. The largest absolute Gasteiger partial charge is 0.439 e. The Morgan fingerprint density at radius 1 is 0.867 bits per heavy atom. The van der Waals surface area contributed by atoms with Crippen LogP contribution in [0.1, 0.15) is 45.4 Å². The van der Waals surface area contributed by atoms with Crippen molar-refractivity contribution in [1.29, 1.82) is 0 Å². The number of carbonyl (C=O) groups is 1. The van der Waals surface area contributed by atoms with Crippen LogP contribution in [0.2, 0.25) is 0 Å². The molecule has 0 aliphatic heterocycles. The molecule has 30 heavy (non-hydrogen) atoms. The van der Waals surface area contributed by atoms with Crippen LogP contribution in [-0.2, 0) is 19.5 Å². The molecule has 0 spiro atoms. The summed E-state index contributed by atoms with van der Waals surface area (Å²) in [6.07, 6.45) is 0.948. The number of rotatable bonds is 6. The molecule has 0 N–H and O–H groups in total. The lowest BCUT2D eigenvalue weighted by molar-refractivity contribution is 0.0715. The average molecular weight is 399 g/mol. The zero-order chi connectivity index (χ0) is 21.1. The molecule has 0 atom stereocenters. The maximum atomic E-state index is 13.3. The third kappa shape index (κ3) is 4.43. The number of amides is 1. The molecule has 0 radical (unpaired) electrons. The Morgan fingerprint density at radius 2 is 1.53 bits per heavy atom. The van der Waals surface area contributed by atoms with Gasteiger partial charge in [0.1, 0.15) is 5.52 Å². The highest BCUT2D eigenvalue weighted by Crippen LogP contribution is 2.20. The number of oxazole rings is 1. The maximum Gasteiger partial charge on any atom is 0.254 e. The third-order valence-electron chi connectivity index (χ3n) is 5.30. The highest BCUT2D eigenvalue weighted by atomic mass is 16.3. The molecule has 0 saturated heterocycles. The fraction of sp³-hybridized carbons (Fsp3) is 0.231. The van der Waals surface area contributed by atoms with Gasteiger partial charge in [-0.2, -0.15) is 0 Å². The van der Waals surface area contributed by atoms with Crippen molar-refractivity contribution in [2.75, 3.05) is 0 Å². The smallest absolute Gasteiger partial charge is 0.254 e. The van der Waals surface area contributed by atoms with Crippen LogP contribution >= 0.6 is 0 Å². The van der Waals surface area contributed by atoms with Crippen molar-refractivity contribution in [2.45, 2.75) is 40.3 Å². The van der Waals surface area contributed by atoms with Gasteiger partial charge in [-0.15, -0.1) is 0 Å². The summed E-state index contributed by atoms with van der Waals surface area (Å²) in [5.41, 5.74) is 6.85. The van der Waals surface area contributed by atoms with Crippen LogP contribution in [0.5, 0.6) is 0 Å². The first-order chi connectivity index (χ1) is 14.5. The van der Waals surface area contributed by atoms with E-state index in [0.29, 0.717) is 24.5 Å². The summed E-state index contributed by atoms with van der Waals surface area (Å²) in [7, 11) is 0. The van der Waals surface area contributed by atoms with Crippen LogP contribution in [0.3, 0.4) is 0 Å². The lowest BCUT2D eigenvalue weighted by Crippen LogP contribution is -2.30. The van der Waals surface area contributed by atoms with Gasteiger partial charge in [-0.25, -0.2) is 4.98 Å². The maximum absolute atomic E-state index is 13.3. The molecule has 1 amide bonds. The highest BCUT2D eigenvalue weighted by molar-refractivity contribution is 5.94. The van der Waals surface area contributed by atoms with E-state index >= 15 is 0 Å². The Hall–Kier alpha value is -3.40. The first kappa shape index (κ1) is 19.9. The predicted octanol–water partition coefficient (Wildman–Crippen LogP) is 5.85. The van der Waals surface area contributed by atoms with Gasteiger partial charge in [0, 0.05) is 12.1 Å². The number of hydrogen-bond acceptors (Lipinski definition) is 3. The Kier molecular flexibility index (Phi) is 5.66. The molecule has 0 unspecified atom stereocenters. The van der Waals surface area contributed by atoms with E-state index in [1.54, 1.807) is 4.90 Å². The number of nitrogens with zero attached hydrogens (tertiary/aromatic N) is 2. The van der Waals surface area contributed by atoms with Gasteiger partial charge in [-0.3, -0.25) is 4.79 Å². The molecule has 0 fully saturated rings. The Balaban J connectivity index is 1.64. The molecule has 152 valence electrons. The zero-order valence-electron chi connectivity index (χ0n) is 17.7. The van der Waals surface area contributed by atoms with Gasteiger partial charge in [-0.1, -0.05) is 55.0 Å². The number of hydrogen-bond donors (Lipinski definition) is 0. The normalized spacial score (nSPS) is 11.0. The van der Waals surface area contributed by atoms with Crippen molar-refractivity contribution in [1.82, 2.24) is 9.88 Å². The first-order valence-electron chi connectivity index (χ1n) is 10.3. The summed E-state index contributed by atoms with van der Waals surface area (Å²) in [6, 6.07) is 22.0. The van der Waals surface area contributed by atoms with Crippen molar-refractivity contribution < 1.29 is 9.21 Å². The number of fused-ring (bicyclic) bond motifs is 1. The molecule has 1 heterocycles. The Bertz CT molecular complexity index is 1160. The lowest BCUT2D eigenvalue weighted by atomic mass is 10.1. The molecule has 4 rings (SSSR count). The summed E-state index contributed by atoms with van der Waals surface area (Å²) in [6.45, 7) is 7.00. The van der Waals surface area contributed by atoms with E-state index in [9.17, 15) is 4.79 Å². The van der Waals surface area contributed by atoms with Gasteiger partial charge in [0.2, 0.25) is 5.89 Å². The minimum atomic E-state index is -0.0309. The van der Waals surface area contributed by atoms with E-state index in [-0.39, 0.29) is 5.91 Å². The number of aromatic nitrogens is 1. The summed E-state index contributed by atoms with van der Waals surface area (Å²) in [5.74, 6) is 0.512. The quantitative estimate of drug-likeness (QED) is 0.409. The number of benzene rings is 3. The Labute approximate surface area is 177 Å². The second kappa shape index (κ2) is 8.54. The van der Waals surface area contributed by atoms with Crippen LogP contribution in [0.15, 0.2) is 71.1 Å². The highest BCUT2D eigenvalue weighted by Gasteiger charge is 2.19. The van der Waals surface area contributed by atoms with Crippen LogP contribution < -0.4 is 0 Å².